The van der Waals surface area contributed by atoms with Crippen LogP contribution in [0.25, 0.3) is 0 Å². The van der Waals surface area contributed by atoms with E-state index in [2.05, 4.69) is 15.9 Å². The first-order valence-corrected chi connectivity index (χ1v) is 7.31. The summed E-state index contributed by atoms with van der Waals surface area (Å²) in [5, 5.41) is 9.04. The van der Waals surface area contributed by atoms with E-state index >= 15 is 0 Å². The summed E-state index contributed by atoms with van der Waals surface area (Å²) in [6.45, 7) is 1.07. The second-order valence-corrected chi connectivity index (χ2v) is 5.83. The van der Waals surface area contributed by atoms with Gasteiger partial charge in [0.2, 0.25) is 0 Å². The maximum absolute atomic E-state index is 13.6. The molecule has 0 heterocycles. The van der Waals surface area contributed by atoms with Gasteiger partial charge >= 0.3 is 5.97 Å². The van der Waals surface area contributed by atoms with Crippen molar-refractivity contribution < 1.29 is 23.8 Å². The lowest BCUT2D eigenvalue weighted by molar-refractivity contribution is -0.150. The molecule has 0 aliphatic heterocycles. The summed E-state index contributed by atoms with van der Waals surface area (Å²) in [4.78, 5) is 24.5. The molecule has 1 saturated carbocycles. The molecule has 0 radical (unpaired) electrons. The van der Waals surface area contributed by atoms with E-state index in [1.54, 1.807) is 6.07 Å². The summed E-state index contributed by atoms with van der Waals surface area (Å²) in [7, 11) is 0. The molecule has 7 heteroatoms. The maximum Gasteiger partial charge on any atom is 0.326 e. The fourth-order valence-electron chi connectivity index (χ4n) is 2.01. The fourth-order valence-corrected chi connectivity index (χ4v) is 2.35. The first kappa shape index (κ1) is 15.8. The molecular formula is C14H15BrFNO4. The smallest absolute Gasteiger partial charge is 0.326 e. The van der Waals surface area contributed by atoms with E-state index in [1.165, 1.54) is 24.0 Å². The van der Waals surface area contributed by atoms with Gasteiger partial charge in [-0.05, 0) is 38.0 Å². The Hall–Kier alpha value is -1.63. The summed E-state index contributed by atoms with van der Waals surface area (Å²) in [6, 6.07) is 3.28. The minimum Gasteiger partial charge on any atom is -0.481 e. The molecule has 1 amide bonds. The number of carbonyl (C=O) groups excluding carboxylic acids is 1. The highest BCUT2D eigenvalue weighted by Crippen LogP contribution is 2.29. The molecule has 1 unspecified atom stereocenters. The Morgan fingerprint density at radius 3 is 2.71 bits per heavy atom. The molecule has 0 aromatic heterocycles. The Labute approximate surface area is 129 Å². The Bertz CT molecular complexity index is 562. The van der Waals surface area contributed by atoms with Gasteiger partial charge in [0.1, 0.15) is 6.04 Å². The third-order valence-corrected chi connectivity index (χ3v) is 3.74. The second kappa shape index (κ2) is 6.43. The lowest BCUT2D eigenvalue weighted by atomic mass is 10.2. The van der Waals surface area contributed by atoms with Crippen molar-refractivity contribution in [3.63, 3.8) is 0 Å². The van der Waals surface area contributed by atoms with Crippen molar-refractivity contribution >= 4 is 27.8 Å². The van der Waals surface area contributed by atoms with Crippen molar-refractivity contribution in [3.8, 4) is 5.75 Å². The molecule has 1 aromatic carbocycles. The molecular weight excluding hydrogens is 345 g/mol. The van der Waals surface area contributed by atoms with E-state index < -0.39 is 23.7 Å². The van der Waals surface area contributed by atoms with Crippen LogP contribution in [0, 0.1) is 5.82 Å². The molecule has 1 aliphatic rings. The molecule has 0 bridgehead atoms. The van der Waals surface area contributed by atoms with Gasteiger partial charge < -0.3 is 14.7 Å². The van der Waals surface area contributed by atoms with E-state index in [0.29, 0.717) is 4.47 Å². The summed E-state index contributed by atoms with van der Waals surface area (Å²) in [5.74, 6) is -2.13. The summed E-state index contributed by atoms with van der Waals surface area (Å²) < 4.78 is 19.3. The second-order valence-electron chi connectivity index (χ2n) is 4.91. The Morgan fingerprint density at radius 1 is 1.52 bits per heavy atom. The normalized spacial score (nSPS) is 15.4. The van der Waals surface area contributed by atoms with Gasteiger partial charge in [0.05, 0.1) is 0 Å². The number of ether oxygens (including phenoxy) is 1. The third-order valence-electron chi connectivity index (χ3n) is 3.25. The molecule has 21 heavy (non-hydrogen) atoms. The number of carbonyl (C=O) groups is 2. The van der Waals surface area contributed by atoms with E-state index in [9.17, 15) is 14.0 Å². The highest BCUT2D eigenvalue weighted by Gasteiger charge is 2.38. The molecule has 1 aromatic rings. The number of hydrogen-bond acceptors (Lipinski definition) is 3. The van der Waals surface area contributed by atoms with Gasteiger partial charge in [-0.1, -0.05) is 15.9 Å². The summed E-state index contributed by atoms with van der Waals surface area (Å²) in [5.41, 5.74) is 0. The zero-order valence-electron chi connectivity index (χ0n) is 11.4. The van der Waals surface area contributed by atoms with E-state index in [4.69, 9.17) is 9.84 Å². The number of halogens is 2. The molecule has 0 saturated heterocycles. The van der Waals surface area contributed by atoms with E-state index in [0.717, 1.165) is 12.8 Å². The average Bonchev–Trinajstić information content (AvgIpc) is 3.22. The number of rotatable bonds is 6. The minimum atomic E-state index is -1.06. The Balaban J connectivity index is 2.00. The molecule has 5 nitrogen and oxygen atoms in total. The van der Waals surface area contributed by atoms with Gasteiger partial charge in [-0.15, -0.1) is 0 Å². The molecule has 1 atom stereocenters. The lowest BCUT2D eigenvalue weighted by Crippen LogP contribution is -2.46. The van der Waals surface area contributed by atoms with Gasteiger partial charge in [-0.3, -0.25) is 4.79 Å². The molecule has 1 aliphatic carbocycles. The van der Waals surface area contributed by atoms with E-state index in [1.807, 2.05) is 0 Å². The summed E-state index contributed by atoms with van der Waals surface area (Å²) >= 11 is 3.13. The van der Waals surface area contributed by atoms with E-state index in [-0.39, 0.29) is 18.4 Å². The number of aliphatic carboxylic acids is 1. The van der Waals surface area contributed by atoms with Crippen LogP contribution in [-0.4, -0.2) is 40.6 Å². The first-order valence-electron chi connectivity index (χ1n) is 6.52. The standard InChI is InChI=1S/C14H15BrFNO4/c1-8(14(19)20)17(10-3-4-10)13(18)7-21-12-5-2-9(15)6-11(12)16/h2,5-6,8,10H,3-4,7H2,1H3,(H,19,20). The van der Waals surface area contributed by atoms with Gasteiger partial charge in [0.25, 0.3) is 5.91 Å². The van der Waals surface area contributed by atoms with Crippen molar-refractivity contribution in [3.05, 3.63) is 28.5 Å². The van der Waals surface area contributed by atoms with Crippen LogP contribution in [0.4, 0.5) is 4.39 Å². The molecule has 114 valence electrons. The Kier molecular flexibility index (Phi) is 4.82. The predicted molar refractivity (Wildman–Crippen MR) is 76.6 cm³/mol. The minimum absolute atomic E-state index is 0.0368. The summed E-state index contributed by atoms with van der Waals surface area (Å²) in [6.07, 6.45) is 1.58. The number of hydrogen-bond donors (Lipinski definition) is 1. The Morgan fingerprint density at radius 2 is 2.19 bits per heavy atom. The maximum atomic E-state index is 13.6. The number of carboxylic acid groups (broad SMARTS) is 1. The van der Waals surface area contributed by atoms with Gasteiger partial charge in [0, 0.05) is 10.5 Å². The highest BCUT2D eigenvalue weighted by atomic mass is 79.9. The van der Waals surface area contributed by atoms with Gasteiger partial charge in [-0.25, -0.2) is 9.18 Å². The third kappa shape index (κ3) is 3.93. The van der Waals surface area contributed by atoms with Crippen molar-refractivity contribution in [2.24, 2.45) is 0 Å². The molecule has 0 spiro atoms. The number of carboxylic acids is 1. The predicted octanol–water partition coefficient (Wildman–Crippen LogP) is 2.43. The monoisotopic (exact) mass is 359 g/mol. The van der Waals surface area contributed by atoms with Crippen LogP contribution in [-0.2, 0) is 9.59 Å². The van der Waals surface area contributed by atoms with Gasteiger partial charge in [0.15, 0.2) is 18.2 Å². The molecule has 1 N–H and O–H groups in total. The van der Waals surface area contributed by atoms with Gasteiger partial charge in [-0.2, -0.15) is 0 Å². The first-order chi connectivity index (χ1) is 9.90. The quantitative estimate of drug-likeness (QED) is 0.846. The van der Waals surface area contributed by atoms with Crippen LogP contribution < -0.4 is 4.74 Å². The SMILES string of the molecule is CC(C(=O)O)N(C(=O)COc1ccc(Br)cc1F)C1CC1. The van der Waals surface area contributed by atoms with Crippen molar-refractivity contribution in [1.82, 2.24) is 4.90 Å². The lowest BCUT2D eigenvalue weighted by Gasteiger charge is -2.26. The zero-order valence-corrected chi connectivity index (χ0v) is 13.0. The van der Waals surface area contributed by atoms with Crippen LogP contribution in [0.5, 0.6) is 5.75 Å². The van der Waals surface area contributed by atoms with Crippen molar-refractivity contribution in [2.75, 3.05) is 6.61 Å². The van der Waals surface area contributed by atoms with Crippen LogP contribution in [0.1, 0.15) is 19.8 Å². The topological polar surface area (TPSA) is 66.8 Å². The van der Waals surface area contributed by atoms with Crippen LogP contribution >= 0.6 is 15.9 Å². The largest absolute Gasteiger partial charge is 0.481 e. The van der Waals surface area contributed by atoms with Crippen LogP contribution in [0.15, 0.2) is 22.7 Å². The number of nitrogens with zero attached hydrogens (tertiary/aromatic N) is 1. The number of amides is 1. The van der Waals surface area contributed by atoms with Crippen molar-refractivity contribution in [2.45, 2.75) is 31.8 Å². The molecule has 1 fully saturated rings. The number of benzene rings is 1. The average molecular weight is 360 g/mol. The van der Waals surface area contributed by atoms with Crippen LogP contribution in [0.3, 0.4) is 0 Å². The van der Waals surface area contributed by atoms with Crippen molar-refractivity contribution in [1.29, 1.82) is 0 Å². The van der Waals surface area contributed by atoms with Crippen LogP contribution in [0.2, 0.25) is 0 Å². The highest BCUT2D eigenvalue weighted by molar-refractivity contribution is 9.10. The molecule has 2 rings (SSSR count). The zero-order chi connectivity index (χ0) is 15.6. The fraction of sp³-hybridized carbons (Fsp3) is 0.429.